The summed E-state index contributed by atoms with van der Waals surface area (Å²) in [5.41, 5.74) is 5.92. The maximum atomic E-state index is 5.48. The van der Waals surface area contributed by atoms with Crippen LogP contribution in [0.1, 0.15) is 35.6 Å². The fourth-order valence-electron chi connectivity index (χ4n) is 5.67. The van der Waals surface area contributed by atoms with E-state index >= 15 is 0 Å². The molecule has 4 aromatic rings. The lowest BCUT2D eigenvalue weighted by Gasteiger charge is -2.21. The number of hydrogen-bond acceptors (Lipinski definition) is 8. The Morgan fingerprint density at radius 1 is 1.11 bits per heavy atom. The molecule has 2 fully saturated rings. The Morgan fingerprint density at radius 3 is 2.66 bits per heavy atom. The van der Waals surface area contributed by atoms with Crippen LogP contribution in [-0.2, 0) is 12.5 Å². The molecular formula is C26H30N6O2S. The Labute approximate surface area is 209 Å². The first-order valence-corrected chi connectivity index (χ1v) is 13.1. The predicted molar refractivity (Wildman–Crippen MR) is 134 cm³/mol. The summed E-state index contributed by atoms with van der Waals surface area (Å²) in [5, 5.41) is 13.7. The van der Waals surface area contributed by atoms with Crippen molar-refractivity contribution in [1.29, 1.82) is 0 Å². The first-order chi connectivity index (χ1) is 17.0. The van der Waals surface area contributed by atoms with Crippen LogP contribution in [0.15, 0.2) is 44.8 Å². The SMILES string of the molecule is Cc1ncoc1-c1nnc(SCCCN2C[C@H]3CC3(c3ccc(-c4c(C)noc4C)cc3)C2)n1C. The summed E-state index contributed by atoms with van der Waals surface area (Å²) < 4.78 is 12.8. The van der Waals surface area contributed by atoms with Crippen LogP contribution >= 0.6 is 11.8 Å². The quantitative estimate of drug-likeness (QED) is 0.257. The van der Waals surface area contributed by atoms with Crippen LogP contribution in [0, 0.1) is 26.7 Å². The highest BCUT2D eigenvalue weighted by atomic mass is 32.2. The number of aryl methyl sites for hydroxylation is 3. The van der Waals surface area contributed by atoms with Crippen molar-refractivity contribution >= 4 is 11.8 Å². The number of aromatic nitrogens is 5. The summed E-state index contributed by atoms with van der Waals surface area (Å²) in [6.45, 7) is 9.38. The molecule has 182 valence electrons. The molecule has 0 spiro atoms. The average molecular weight is 491 g/mol. The second-order valence-electron chi connectivity index (χ2n) is 9.90. The zero-order valence-corrected chi connectivity index (χ0v) is 21.4. The van der Waals surface area contributed by atoms with Gasteiger partial charge in [-0.05, 0) is 57.2 Å². The van der Waals surface area contributed by atoms with Gasteiger partial charge < -0.3 is 18.4 Å². The summed E-state index contributed by atoms with van der Waals surface area (Å²) in [7, 11) is 1.98. The second-order valence-corrected chi connectivity index (χ2v) is 11.0. The molecule has 0 bridgehead atoms. The van der Waals surface area contributed by atoms with Crippen molar-refractivity contribution in [2.75, 3.05) is 25.4 Å². The molecule has 0 radical (unpaired) electrons. The molecule has 4 heterocycles. The van der Waals surface area contributed by atoms with E-state index in [0.717, 1.165) is 64.9 Å². The molecule has 0 N–H and O–H groups in total. The molecule has 2 atom stereocenters. The smallest absolute Gasteiger partial charge is 0.202 e. The summed E-state index contributed by atoms with van der Waals surface area (Å²) in [4.78, 5) is 6.79. The normalized spacial score (nSPS) is 21.5. The van der Waals surface area contributed by atoms with Gasteiger partial charge in [0.1, 0.15) is 5.76 Å². The van der Waals surface area contributed by atoms with E-state index in [2.05, 4.69) is 49.5 Å². The van der Waals surface area contributed by atoms with Gasteiger partial charge in [0.2, 0.25) is 5.82 Å². The van der Waals surface area contributed by atoms with Gasteiger partial charge >= 0.3 is 0 Å². The van der Waals surface area contributed by atoms with Crippen LogP contribution in [-0.4, -0.2) is 55.2 Å². The number of fused-ring (bicyclic) bond motifs is 1. The first-order valence-electron chi connectivity index (χ1n) is 12.1. The van der Waals surface area contributed by atoms with Gasteiger partial charge in [-0.2, -0.15) is 0 Å². The molecule has 2 aliphatic rings. The predicted octanol–water partition coefficient (Wildman–Crippen LogP) is 4.81. The lowest BCUT2D eigenvalue weighted by atomic mass is 9.92. The van der Waals surface area contributed by atoms with Crippen LogP contribution in [0.5, 0.6) is 0 Å². The van der Waals surface area contributed by atoms with E-state index in [1.54, 1.807) is 11.8 Å². The van der Waals surface area contributed by atoms with E-state index in [4.69, 9.17) is 8.94 Å². The Kier molecular flexibility index (Phi) is 5.56. The van der Waals surface area contributed by atoms with Crippen LogP contribution in [0.25, 0.3) is 22.7 Å². The third-order valence-corrected chi connectivity index (χ3v) is 8.74. The standard InChI is InChI=1S/C26H30N6O2S/c1-16-22(18(3)34-30-16)19-6-8-20(9-7-19)26-12-21(26)13-32(14-26)10-5-11-35-25-29-28-24(31(25)4)23-17(2)27-15-33-23/h6-9,15,21H,5,10-14H2,1-4H3/t21-,26?/m1/s1. The molecule has 9 heteroatoms. The zero-order valence-electron chi connectivity index (χ0n) is 20.6. The lowest BCUT2D eigenvalue weighted by Crippen LogP contribution is -2.27. The number of rotatable bonds is 8. The van der Waals surface area contributed by atoms with Crippen LogP contribution < -0.4 is 0 Å². The van der Waals surface area contributed by atoms with Gasteiger partial charge in [0.15, 0.2) is 17.3 Å². The lowest BCUT2D eigenvalue weighted by molar-refractivity contribution is 0.299. The third-order valence-electron chi connectivity index (χ3n) is 7.63. The van der Waals surface area contributed by atoms with E-state index in [1.807, 2.05) is 32.4 Å². The molecule has 6 rings (SSSR count). The number of likely N-dealkylation sites (tertiary alicyclic amines) is 1. The highest BCUT2D eigenvalue weighted by Crippen LogP contribution is 2.59. The van der Waals surface area contributed by atoms with Crippen molar-refractivity contribution in [1.82, 2.24) is 29.8 Å². The summed E-state index contributed by atoms with van der Waals surface area (Å²) in [6.07, 6.45) is 3.89. The summed E-state index contributed by atoms with van der Waals surface area (Å²) in [5.74, 6) is 4.10. The largest absolute Gasteiger partial charge is 0.440 e. The van der Waals surface area contributed by atoms with E-state index in [1.165, 1.54) is 30.5 Å². The average Bonchev–Trinajstić information content (AvgIpc) is 3.26. The molecular weight excluding hydrogens is 460 g/mol. The van der Waals surface area contributed by atoms with Crippen LogP contribution in [0.2, 0.25) is 0 Å². The molecule has 0 amide bonds. The number of benzene rings is 1. The van der Waals surface area contributed by atoms with E-state index in [9.17, 15) is 0 Å². The van der Waals surface area contributed by atoms with Gasteiger partial charge in [-0.15, -0.1) is 10.2 Å². The number of oxazole rings is 1. The Bertz CT molecular complexity index is 1340. The maximum absolute atomic E-state index is 5.48. The summed E-state index contributed by atoms with van der Waals surface area (Å²) in [6, 6.07) is 9.12. The number of thioether (sulfide) groups is 1. The minimum atomic E-state index is 0.345. The fraction of sp³-hybridized carbons (Fsp3) is 0.462. The van der Waals surface area contributed by atoms with Crippen LogP contribution in [0.3, 0.4) is 0 Å². The van der Waals surface area contributed by atoms with Gasteiger partial charge in [-0.1, -0.05) is 41.2 Å². The molecule has 1 aromatic carbocycles. The number of nitrogens with zero attached hydrogens (tertiary/aromatic N) is 6. The fourth-order valence-corrected chi connectivity index (χ4v) is 6.51. The molecule has 1 aliphatic carbocycles. The van der Waals surface area contributed by atoms with Crippen molar-refractivity contribution < 1.29 is 8.94 Å². The number of piperidine rings is 1. The van der Waals surface area contributed by atoms with E-state index < -0.39 is 0 Å². The zero-order chi connectivity index (χ0) is 24.2. The highest BCUT2D eigenvalue weighted by Gasteiger charge is 2.60. The molecule has 1 unspecified atom stereocenters. The Morgan fingerprint density at radius 2 is 1.94 bits per heavy atom. The van der Waals surface area contributed by atoms with Gasteiger partial charge in [0, 0.05) is 36.9 Å². The van der Waals surface area contributed by atoms with Crippen LogP contribution in [0.4, 0.5) is 0 Å². The molecule has 8 nitrogen and oxygen atoms in total. The minimum absolute atomic E-state index is 0.345. The van der Waals surface area contributed by atoms with Gasteiger partial charge in [0.25, 0.3) is 0 Å². The third kappa shape index (κ3) is 3.90. The van der Waals surface area contributed by atoms with Gasteiger partial charge in [-0.25, -0.2) is 4.98 Å². The second kappa shape index (κ2) is 8.64. The Balaban J connectivity index is 1.03. The van der Waals surface area contributed by atoms with Crippen molar-refractivity contribution in [2.45, 2.75) is 44.2 Å². The molecule has 1 saturated heterocycles. The minimum Gasteiger partial charge on any atom is -0.440 e. The molecule has 35 heavy (non-hydrogen) atoms. The molecule has 1 saturated carbocycles. The highest BCUT2D eigenvalue weighted by molar-refractivity contribution is 7.99. The van der Waals surface area contributed by atoms with Crippen molar-refractivity contribution in [3.63, 3.8) is 0 Å². The molecule has 1 aliphatic heterocycles. The van der Waals surface area contributed by atoms with Crippen molar-refractivity contribution in [3.8, 4) is 22.7 Å². The summed E-state index contributed by atoms with van der Waals surface area (Å²) >= 11 is 1.75. The topological polar surface area (TPSA) is 86.0 Å². The monoisotopic (exact) mass is 490 g/mol. The molecule has 3 aromatic heterocycles. The first kappa shape index (κ1) is 22.5. The van der Waals surface area contributed by atoms with E-state index in [0.29, 0.717) is 11.2 Å². The van der Waals surface area contributed by atoms with E-state index in [-0.39, 0.29) is 0 Å². The maximum Gasteiger partial charge on any atom is 0.202 e. The van der Waals surface area contributed by atoms with Crippen molar-refractivity contribution in [2.24, 2.45) is 13.0 Å². The van der Waals surface area contributed by atoms with Crippen molar-refractivity contribution in [3.05, 3.63) is 53.4 Å². The Hall–Kier alpha value is -2.91. The van der Waals surface area contributed by atoms with Gasteiger partial charge in [0.05, 0.1) is 11.4 Å². The van der Waals surface area contributed by atoms with Gasteiger partial charge in [-0.3, -0.25) is 0 Å². The number of hydrogen-bond donors (Lipinski definition) is 0.